The smallest absolute Gasteiger partial charge is 0.410 e. The lowest BCUT2D eigenvalue weighted by Crippen LogP contribution is -2.39. The van der Waals surface area contributed by atoms with Crippen molar-refractivity contribution in [3.8, 4) is 0 Å². The molecule has 1 amide bonds. The van der Waals surface area contributed by atoms with Crippen LogP contribution in [-0.2, 0) is 18.3 Å². The summed E-state index contributed by atoms with van der Waals surface area (Å²) in [4.78, 5) is 13.8. The maximum Gasteiger partial charge on any atom is 0.410 e. The van der Waals surface area contributed by atoms with Crippen LogP contribution in [0.25, 0.3) is 0 Å². The van der Waals surface area contributed by atoms with Gasteiger partial charge < -0.3 is 15.0 Å². The van der Waals surface area contributed by atoms with Crippen LogP contribution in [0.15, 0.2) is 6.20 Å². The number of nitrogens with one attached hydrogen (secondary N) is 1. The Morgan fingerprint density at radius 3 is 2.62 bits per heavy atom. The van der Waals surface area contributed by atoms with Crippen LogP contribution in [0.5, 0.6) is 0 Å². The molecule has 0 bridgehead atoms. The number of amides is 1. The first kappa shape index (κ1) is 14.3. The number of hydrogen-bond acceptors (Lipinski definition) is 5. The second kappa shape index (κ2) is 4.98. The first-order valence-electron chi connectivity index (χ1n) is 7.40. The van der Waals surface area contributed by atoms with Gasteiger partial charge in [0.2, 0.25) is 0 Å². The molecule has 1 saturated carbocycles. The summed E-state index contributed by atoms with van der Waals surface area (Å²) in [5, 5.41) is 11.5. The Balaban J connectivity index is 1.43. The number of rotatable bonds is 3. The van der Waals surface area contributed by atoms with Gasteiger partial charge in [0, 0.05) is 38.9 Å². The van der Waals surface area contributed by atoms with E-state index in [1.807, 2.05) is 38.9 Å². The number of ether oxygens (including phenoxy) is 1. The minimum absolute atomic E-state index is 0.192. The summed E-state index contributed by atoms with van der Waals surface area (Å²) in [6.45, 7) is 8.00. The predicted molar refractivity (Wildman–Crippen MR) is 76.4 cm³/mol. The zero-order valence-corrected chi connectivity index (χ0v) is 13.0. The van der Waals surface area contributed by atoms with Gasteiger partial charge in [0.25, 0.3) is 0 Å². The van der Waals surface area contributed by atoms with Crippen LogP contribution in [0.2, 0.25) is 0 Å². The van der Waals surface area contributed by atoms with E-state index in [4.69, 9.17) is 4.74 Å². The van der Waals surface area contributed by atoms with Crippen molar-refractivity contribution in [2.45, 2.75) is 39.0 Å². The molecule has 1 N–H and O–H groups in total. The zero-order chi connectivity index (χ0) is 15.2. The molecule has 1 aromatic heterocycles. The SMILES string of the molecule is Cn1cc(CNC2C3CN(C(=O)OC(C)(C)C)CC32)nn1. The molecule has 7 heteroatoms. The van der Waals surface area contributed by atoms with E-state index in [2.05, 4.69) is 15.6 Å². The molecule has 0 spiro atoms. The minimum atomic E-state index is -0.423. The van der Waals surface area contributed by atoms with Crippen LogP contribution in [0.3, 0.4) is 0 Å². The lowest BCUT2D eigenvalue weighted by Gasteiger charge is -2.26. The Bertz CT molecular complexity index is 524. The van der Waals surface area contributed by atoms with E-state index in [0.717, 1.165) is 25.3 Å². The van der Waals surface area contributed by atoms with Crippen molar-refractivity contribution in [2.24, 2.45) is 18.9 Å². The van der Waals surface area contributed by atoms with Gasteiger partial charge in [0.1, 0.15) is 5.60 Å². The van der Waals surface area contributed by atoms with Gasteiger partial charge in [-0.2, -0.15) is 0 Å². The van der Waals surface area contributed by atoms with Crippen LogP contribution in [0.4, 0.5) is 4.79 Å². The largest absolute Gasteiger partial charge is 0.444 e. The molecular formula is C14H23N5O2. The number of hydrogen-bond donors (Lipinski definition) is 1. The molecule has 116 valence electrons. The summed E-state index contributed by atoms with van der Waals surface area (Å²) < 4.78 is 7.11. The van der Waals surface area contributed by atoms with E-state index in [-0.39, 0.29) is 6.09 Å². The molecule has 7 nitrogen and oxygen atoms in total. The molecule has 1 aliphatic heterocycles. The molecule has 2 fully saturated rings. The maximum absolute atomic E-state index is 12.0. The van der Waals surface area contributed by atoms with Gasteiger partial charge in [0.05, 0.1) is 5.69 Å². The van der Waals surface area contributed by atoms with Crippen LogP contribution in [-0.4, -0.2) is 50.7 Å². The maximum atomic E-state index is 12.0. The fourth-order valence-corrected chi connectivity index (χ4v) is 3.00. The summed E-state index contributed by atoms with van der Waals surface area (Å²) in [5.74, 6) is 1.10. The molecule has 1 aromatic rings. The standard InChI is InChI=1S/C14H23N5O2/c1-14(2,3)21-13(20)19-7-10-11(8-19)12(10)15-5-9-6-18(4)17-16-9/h6,10-12,15H,5,7-8H2,1-4H3. The third-order valence-corrected chi connectivity index (χ3v) is 4.01. The van der Waals surface area contributed by atoms with Crippen LogP contribution < -0.4 is 5.32 Å². The van der Waals surface area contributed by atoms with Gasteiger partial charge in [-0.25, -0.2) is 4.79 Å². The van der Waals surface area contributed by atoms with Crippen molar-refractivity contribution in [1.82, 2.24) is 25.2 Å². The molecule has 2 heterocycles. The highest BCUT2D eigenvalue weighted by molar-refractivity contribution is 5.69. The Morgan fingerprint density at radius 1 is 1.43 bits per heavy atom. The Morgan fingerprint density at radius 2 is 2.10 bits per heavy atom. The second-order valence-corrected chi connectivity index (χ2v) is 7.00. The topological polar surface area (TPSA) is 72.3 Å². The second-order valence-electron chi connectivity index (χ2n) is 7.00. The lowest BCUT2D eigenvalue weighted by atomic mass is 10.2. The Hall–Kier alpha value is -1.63. The number of nitrogens with zero attached hydrogens (tertiary/aromatic N) is 4. The Labute approximate surface area is 124 Å². The number of piperidine rings is 1. The average Bonchev–Trinajstić information content (AvgIpc) is 2.77. The molecule has 2 unspecified atom stereocenters. The van der Waals surface area contributed by atoms with E-state index in [9.17, 15) is 4.79 Å². The van der Waals surface area contributed by atoms with Gasteiger partial charge in [-0.3, -0.25) is 4.68 Å². The summed E-state index contributed by atoms with van der Waals surface area (Å²) in [7, 11) is 1.86. The van der Waals surface area contributed by atoms with Crippen molar-refractivity contribution in [1.29, 1.82) is 0 Å². The highest BCUT2D eigenvalue weighted by atomic mass is 16.6. The lowest BCUT2D eigenvalue weighted by molar-refractivity contribution is 0.0269. The van der Waals surface area contributed by atoms with Crippen molar-refractivity contribution < 1.29 is 9.53 Å². The van der Waals surface area contributed by atoms with Crippen molar-refractivity contribution in [2.75, 3.05) is 13.1 Å². The van der Waals surface area contributed by atoms with Crippen LogP contribution in [0, 0.1) is 11.8 Å². The van der Waals surface area contributed by atoms with Crippen molar-refractivity contribution in [3.05, 3.63) is 11.9 Å². The normalized spacial score (nSPS) is 27.6. The molecule has 21 heavy (non-hydrogen) atoms. The first-order chi connectivity index (χ1) is 9.83. The van der Waals surface area contributed by atoms with Gasteiger partial charge in [-0.1, -0.05) is 5.21 Å². The minimum Gasteiger partial charge on any atom is -0.444 e. The molecule has 1 saturated heterocycles. The molecule has 0 aromatic carbocycles. The van der Waals surface area contributed by atoms with Crippen molar-refractivity contribution >= 4 is 6.09 Å². The van der Waals surface area contributed by atoms with E-state index < -0.39 is 5.60 Å². The zero-order valence-electron chi connectivity index (χ0n) is 13.0. The number of carbonyl (C=O) groups excluding carboxylic acids is 1. The monoisotopic (exact) mass is 293 g/mol. The van der Waals surface area contributed by atoms with E-state index >= 15 is 0 Å². The number of carbonyl (C=O) groups is 1. The van der Waals surface area contributed by atoms with Gasteiger partial charge in [0.15, 0.2) is 0 Å². The number of aryl methyl sites for hydroxylation is 1. The van der Waals surface area contributed by atoms with Crippen molar-refractivity contribution in [3.63, 3.8) is 0 Å². The number of aromatic nitrogens is 3. The molecule has 2 atom stereocenters. The van der Waals surface area contributed by atoms with Gasteiger partial charge in [-0.15, -0.1) is 5.10 Å². The van der Waals surface area contributed by atoms with Gasteiger partial charge in [-0.05, 0) is 32.6 Å². The highest BCUT2D eigenvalue weighted by Crippen LogP contribution is 2.45. The van der Waals surface area contributed by atoms with Crippen LogP contribution in [0.1, 0.15) is 26.5 Å². The molecule has 0 radical (unpaired) electrons. The van der Waals surface area contributed by atoms with Gasteiger partial charge >= 0.3 is 6.09 Å². The van der Waals surface area contributed by atoms with E-state index in [0.29, 0.717) is 17.9 Å². The fraction of sp³-hybridized carbons (Fsp3) is 0.786. The number of likely N-dealkylation sites (tertiary alicyclic amines) is 1. The van der Waals surface area contributed by atoms with E-state index in [1.54, 1.807) is 4.68 Å². The predicted octanol–water partition coefficient (Wildman–Crippen LogP) is 0.770. The summed E-state index contributed by atoms with van der Waals surface area (Å²) in [5.41, 5.74) is 0.527. The molecular weight excluding hydrogens is 270 g/mol. The average molecular weight is 293 g/mol. The van der Waals surface area contributed by atoms with E-state index in [1.165, 1.54) is 0 Å². The fourth-order valence-electron chi connectivity index (χ4n) is 3.00. The third-order valence-electron chi connectivity index (χ3n) is 4.01. The quantitative estimate of drug-likeness (QED) is 0.891. The Kier molecular flexibility index (Phi) is 3.39. The molecule has 1 aliphatic carbocycles. The summed E-state index contributed by atoms with van der Waals surface area (Å²) in [6, 6.07) is 0.491. The first-order valence-corrected chi connectivity index (χ1v) is 7.40. The third kappa shape index (κ3) is 3.18. The summed E-state index contributed by atoms with van der Waals surface area (Å²) in [6.07, 6.45) is 1.72. The molecule has 2 aliphatic rings. The highest BCUT2D eigenvalue weighted by Gasteiger charge is 2.56. The molecule has 3 rings (SSSR count). The number of fused-ring (bicyclic) bond motifs is 1. The summed E-state index contributed by atoms with van der Waals surface area (Å²) >= 11 is 0. The van der Waals surface area contributed by atoms with Crippen LogP contribution >= 0.6 is 0 Å².